The molecule has 0 aliphatic rings. The molecule has 2 aromatic carbocycles. The highest BCUT2D eigenvalue weighted by molar-refractivity contribution is 5.78. The smallest absolute Gasteiger partial charge is 0.236 e. The molecule has 26 heavy (non-hydrogen) atoms. The summed E-state index contributed by atoms with van der Waals surface area (Å²) in [7, 11) is 1.63. The number of H-pyrrole nitrogens is 1. The van der Waals surface area contributed by atoms with Crippen molar-refractivity contribution in [3.63, 3.8) is 0 Å². The second-order valence-corrected chi connectivity index (χ2v) is 5.85. The number of anilines is 3. The van der Waals surface area contributed by atoms with Crippen LogP contribution in [0.1, 0.15) is 5.56 Å². The van der Waals surface area contributed by atoms with E-state index in [0.29, 0.717) is 11.6 Å². The highest BCUT2D eigenvalue weighted by Crippen LogP contribution is 2.35. The number of fused-ring (bicyclic) bond motifs is 1. The summed E-state index contributed by atoms with van der Waals surface area (Å²) in [6, 6.07) is 13.0. The van der Waals surface area contributed by atoms with Crippen LogP contribution in [0.4, 0.5) is 17.3 Å². The Hall–Kier alpha value is -3.61. The quantitative estimate of drug-likeness (QED) is 0.583. The van der Waals surface area contributed by atoms with E-state index >= 15 is 0 Å². The number of phenolic OH excluding ortho intramolecular Hbond substituents is 1. The first-order valence-electron chi connectivity index (χ1n) is 8.05. The maximum atomic E-state index is 9.87. The first-order valence-corrected chi connectivity index (χ1v) is 8.05. The van der Waals surface area contributed by atoms with Crippen molar-refractivity contribution in [2.24, 2.45) is 0 Å². The summed E-state index contributed by atoms with van der Waals surface area (Å²) in [5.74, 6) is 1.51. The van der Waals surface area contributed by atoms with E-state index in [4.69, 9.17) is 4.74 Å². The lowest BCUT2D eigenvalue weighted by Gasteiger charge is -2.23. The molecule has 0 saturated heterocycles. The van der Waals surface area contributed by atoms with Gasteiger partial charge in [0.05, 0.1) is 18.7 Å². The number of aromatic amines is 1. The standard InChI is InChI=1S/C19H17N5O2/c1-12-9-15(5-8-17(12)25)24(14-3-6-16(26-2)7-4-14)19-20-10-13-11-21-23-18(13)22-19/h3-11,25H,1-2H3,(H,20,21,22,23). The molecule has 2 N–H and O–H groups in total. The predicted molar refractivity (Wildman–Crippen MR) is 99.3 cm³/mol. The van der Waals surface area contributed by atoms with Crippen molar-refractivity contribution in [3.8, 4) is 11.5 Å². The highest BCUT2D eigenvalue weighted by Gasteiger charge is 2.17. The van der Waals surface area contributed by atoms with Crippen LogP contribution in [0.2, 0.25) is 0 Å². The summed E-state index contributed by atoms with van der Waals surface area (Å²) in [4.78, 5) is 11.0. The topological polar surface area (TPSA) is 87.2 Å². The van der Waals surface area contributed by atoms with Crippen LogP contribution < -0.4 is 9.64 Å². The number of methoxy groups -OCH3 is 1. The highest BCUT2D eigenvalue weighted by atomic mass is 16.5. The third-order valence-electron chi connectivity index (χ3n) is 4.15. The summed E-state index contributed by atoms with van der Waals surface area (Å²) in [6.07, 6.45) is 3.41. The molecule has 0 amide bonds. The number of aryl methyl sites for hydroxylation is 1. The minimum Gasteiger partial charge on any atom is -0.508 e. The van der Waals surface area contributed by atoms with Gasteiger partial charge in [-0.3, -0.25) is 10.00 Å². The van der Waals surface area contributed by atoms with Crippen LogP contribution in [-0.2, 0) is 0 Å². The normalized spacial score (nSPS) is 10.8. The molecule has 7 nitrogen and oxygen atoms in total. The number of phenols is 1. The molecule has 0 aliphatic heterocycles. The van der Waals surface area contributed by atoms with Gasteiger partial charge in [0.2, 0.25) is 5.95 Å². The number of hydrogen-bond donors (Lipinski definition) is 2. The molecule has 4 rings (SSSR count). The Kier molecular flexibility index (Phi) is 3.89. The Morgan fingerprint density at radius 2 is 1.81 bits per heavy atom. The van der Waals surface area contributed by atoms with E-state index in [1.807, 2.05) is 48.2 Å². The molecule has 0 radical (unpaired) electrons. The van der Waals surface area contributed by atoms with Gasteiger partial charge in [0.15, 0.2) is 5.65 Å². The van der Waals surface area contributed by atoms with Gasteiger partial charge in [-0.25, -0.2) is 4.98 Å². The molecule has 0 aliphatic carbocycles. The van der Waals surface area contributed by atoms with E-state index in [2.05, 4.69) is 20.2 Å². The maximum Gasteiger partial charge on any atom is 0.236 e. The number of ether oxygens (including phenoxy) is 1. The number of hydrogen-bond acceptors (Lipinski definition) is 6. The van der Waals surface area contributed by atoms with Crippen LogP contribution in [-0.4, -0.2) is 32.4 Å². The predicted octanol–water partition coefficient (Wildman–Crippen LogP) is 3.85. The monoisotopic (exact) mass is 347 g/mol. The van der Waals surface area contributed by atoms with Crippen molar-refractivity contribution in [2.75, 3.05) is 12.0 Å². The molecule has 0 spiro atoms. The SMILES string of the molecule is COc1ccc(N(c2ccc(O)c(C)c2)c2ncc3cn[nH]c3n2)cc1. The average Bonchev–Trinajstić information content (AvgIpc) is 3.13. The van der Waals surface area contributed by atoms with E-state index < -0.39 is 0 Å². The number of aromatic hydroxyl groups is 1. The van der Waals surface area contributed by atoms with E-state index in [9.17, 15) is 5.11 Å². The fourth-order valence-electron chi connectivity index (χ4n) is 2.73. The minimum atomic E-state index is 0.244. The van der Waals surface area contributed by atoms with Crippen molar-refractivity contribution >= 4 is 28.4 Å². The molecular weight excluding hydrogens is 330 g/mol. The summed E-state index contributed by atoms with van der Waals surface area (Å²) >= 11 is 0. The van der Waals surface area contributed by atoms with Crippen molar-refractivity contribution in [2.45, 2.75) is 6.92 Å². The molecule has 0 atom stereocenters. The van der Waals surface area contributed by atoms with Crippen molar-refractivity contribution < 1.29 is 9.84 Å². The zero-order valence-electron chi connectivity index (χ0n) is 14.3. The lowest BCUT2D eigenvalue weighted by molar-refractivity contribution is 0.415. The van der Waals surface area contributed by atoms with Gasteiger partial charge in [-0.1, -0.05) is 0 Å². The van der Waals surface area contributed by atoms with Gasteiger partial charge in [-0.15, -0.1) is 0 Å². The molecule has 2 heterocycles. The zero-order chi connectivity index (χ0) is 18.1. The van der Waals surface area contributed by atoms with E-state index in [1.165, 1.54) is 0 Å². The van der Waals surface area contributed by atoms with Crippen LogP contribution >= 0.6 is 0 Å². The minimum absolute atomic E-state index is 0.244. The van der Waals surface area contributed by atoms with Gasteiger partial charge in [0.1, 0.15) is 11.5 Å². The average molecular weight is 347 g/mol. The van der Waals surface area contributed by atoms with Crippen LogP contribution in [0, 0.1) is 6.92 Å². The number of rotatable bonds is 4. The summed E-state index contributed by atoms with van der Waals surface area (Å²) in [5, 5.41) is 17.6. The van der Waals surface area contributed by atoms with Gasteiger partial charge in [-0.05, 0) is 55.0 Å². The van der Waals surface area contributed by atoms with Gasteiger partial charge < -0.3 is 9.84 Å². The first kappa shape index (κ1) is 15.9. The molecule has 0 bridgehead atoms. The van der Waals surface area contributed by atoms with Crippen molar-refractivity contribution in [1.82, 2.24) is 20.2 Å². The molecule has 7 heteroatoms. The zero-order valence-corrected chi connectivity index (χ0v) is 14.3. The number of nitrogens with one attached hydrogen (secondary N) is 1. The van der Waals surface area contributed by atoms with Crippen LogP contribution in [0.25, 0.3) is 11.0 Å². The molecule has 130 valence electrons. The van der Waals surface area contributed by atoms with E-state index in [-0.39, 0.29) is 5.75 Å². The van der Waals surface area contributed by atoms with Gasteiger partial charge in [0.25, 0.3) is 0 Å². The third-order valence-corrected chi connectivity index (χ3v) is 4.15. The molecule has 2 aromatic heterocycles. The summed E-state index contributed by atoms with van der Waals surface area (Å²) < 4.78 is 5.25. The second kappa shape index (κ2) is 6.36. The van der Waals surface area contributed by atoms with E-state index in [0.717, 1.165) is 28.1 Å². The molecule has 0 fully saturated rings. The number of aromatic nitrogens is 4. The van der Waals surface area contributed by atoms with Gasteiger partial charge >= 0.3 is 0 Å². The van der Waals surface area contributed by atoms with Gasteiger partial charge in [0, 0.05) is 17.6 Å². The van der Waals surface area contributed by atoms with Crippen LogP contribution in [0.3, 0.4) is 0 Å². The number of benzene rings is 2. The Balaban J connectivity index is 1.88. The fraction of sp³-hybridized carbons (Fsp3) is 0.105. The Morgan fingerprint density at radius 3 is 2.54 bits per heavy atom. The summed E-state index contributed by atoms with van der Waals surface area (Å²) in [5.41, 5.74) is 3.13. The lowest BCUT2D eigenvalue weighted by Crippen LogP contribution is -2.13. The van der Waals surface area contributed by atoms with Crippen LogP contribution in [0.5, 0.6) is 11.5 Å². The number of nitrogens with zero attached hydrogens (tertiary/aromatic N) is 4. The molecule has 0 unspecified atom stereocenters. The Morgan fingerprint density at radius 1 is 1.04 bits per heavy atom. The van der Waals surface area contributed by atoms with Gasteiger partial charge in [-0.2, -0.15) is 10.1 Å². The Bertz CT molecular complexity index is 1060. The van der Waals surface area contributed by atoms with E-state index in [1.54, 1.807) is 25.6 Å². The summed E-state index contributed by atoms with van der Waals surface area (Å²) in [6.45, 7) is 1.85. The maximum absolute atomic E-state index is 9.87. The lowest BCUT2D eigenvalue weighted by atomic mass is 10.1. The molecule has 0 saturated carbocycles. The Labute approximate surface area is 149 Å². The largest absolute Gasteiger partial charge is 0.508 e. The molecular formula is C19H17N5O2. The second-order valence-electron chi connectivity index (χ2n) is 5.85. The molecule has 4 aromatic rings. The first-order chi connectivity index (χ1) is 12.7. The van der Waals surface area contributed by atoms with Crippen molar-refractivity contribution in [1.29, 1.82) is 0 Å². The third kappa shape index (κ3) is 2.79. The van der Waals surface area contributed by atoms with Crippen molar-refractivity contribution in [3.05, 3.63) is 60.4 Å². The van der Waals surface area contributed by atoms with Crippen LogP contribution in [0.15, 0.2) is 54.9 Å². The fourth-order valence-corrected chi connectivity index (χ4v) is 2.73.